The predicted molar refractivity (Wildman–Crippen MR) is 353 cm³/mol. The molecular weight excluding hydrogens is 1020 g/mol. The maximum Gasteiger partial charge on any atom is 0.135 e. The maximum atomic E-state index is 5.83. The fourth-order valence-electron chi connectivity index (χ4n) is 10.2. The van der Waals surface area contributed by atoms with Crippen LogP contribution in [-0.2, 0) is 0 Å². The van der Waals surface area contributed by atoms with Gasteiger partial charge in [0.05, 0.1) is 10.4 Å². The molecule has 0 amide bonds. The average molecular weight is 1080 g/mol. The summed E-state index contributed by atoms with van der Waals surface area (Å²) >= 11 is 3.69. The molecule has 0 spiro atoms. The molecule has 0 bridgehead atoms. The van der Waals surface area contributed by atoms with Crippen molar-refractivity contribution in [3.63, 3.8) is 0 Å². The molecule has 0 saturated carbocycles. The summed E-state index contributed by atoms with van der Waals surface area (Å²) in [5.74, 6) is 0. The Morgan fingerprint density at radius 1 is 0.222 bits per heavy atom. The second-order valence-electron chi connectivity index (χ2n) is 19.6. The van der Waals surface area contributed by atoms with E-state index in [1.807, 2.05) is 108 Å². The number of anilines is 8. The monoisotopic (exact) mass is 1080 g/mol. The van der Waals surface area contributed by atoms with Crippen LogP contribution in [0.25, 0.3) is 83.8 Å². The fraction of sp³-hybridized carbons (Fsp3) is 0. The van der Waals surface area contributed by atoms with Crippen LogP contribution in [0.1, 0.15) is 0 Å². The molecule has 0 saturated heterocycles. The zero-order chi connectivity index (χ0) is 54.2. The maximum absolute atomic E-state index is 5.83. The Hall–Kier alpha value is -10.2. The van der Waals surface area contributed by atoms with Gasteiger partial charge < -0.3 is 25.7 Å². The Morgan fingerprint density at radius 3 is 1.25 bits per heavy atom. The van der Waals surface area contributed by atoms with Gasteiger partial charge in [-0.1, -0.05) is 182 Å². The van der Waals surface area contributed by atoms with Crippen molar-refractivity contribution < 1.29 is 4.42 Å². The van der Waals surface area contributed by atoms with Crippen LogP contribution in [0.5, 0.6) is 0 Å². The zero-order valence-electron chi connectivity index (χ0n) is 44.1. The Kier molecular flexibility index (Phi) is 14.6. The number of nitrogens with one attached hydrogen (secondary N) is 4. The van der Waals surface area contributed by atoms with Gasteiger partial charge in [0.1, 0.15) is 11.2 Å². The summed E-state index contributed by atoms with van der Waals surface area (Å²) < 4.78 is 11.2. The second-order valence-corrected chi connectivity index (χ2v) is 21.8. The number of para-hydroxylation sites is 4. The average Bonchev–Trinajstić information content (AvgIpc) is 4.27. The van der Waals surface area contributed by atoms with E-state index in [1.165, 1.54) is 67.6 Å². The molecule has 0 unspecified atom stereocenters. The van der Waals surface area contributed by atoms with E-state index in [-0.39, 0.29) is 0 Å². The quantitative estimate of drug-likeness (QED) is 0.122. The molecule has 3 aromatic heterocycles. The van der Waals surface area contributed by atoms with E-state index < -0.39 is 0 Å². The van der Waals surface area contributed by atoms with Gasteiger partial charge in [0.2, 0.25) is 0 Å². The third-order valence-corrected chi connectivity index (χ3v) is 16.5. The highest BCUT2D eigenvalue weighted by Gasteiger charge is 2.10. The molecule has 0 aliphatic rings. The van der Waals surface area contributed by atoms with E-state index in [0.29, 0.717) is 0 Å². The van der Waals surface area contributed by atoms with Gasteiger partial charge in [-0.25, -0.2) is 0 Å². The van der Waals surface area contributed by atoms with Gasteiger partial charge in [-0.05, 0) is 143 Å². The number of furan rings is 1. The third-order valence-electron chi connectivity index (χ3n) is 14.1. The number of thiophene rings is 2. The molecule has 0 aliphatic heterocycles. The summed E-state index contributed by atoms with van der Waals surface area (Å²) in [6.45, 7) is 0. The van der Waals surface area contributed by atoms with Gasteiger partial charge in [-0.2, -0.15) is 0 Å². The van der Waals surface area contributed by atoms with Crippen molar-refractivity contribution in [2.75, 3.05) is 21.3 Å². The lowest BCUT2D eigenvalue weighted by Crippen LogP contribution is -1.90. The molecule has 0 radical (unpaired) electrons. The molecule has 81 heavy (non-hydrogen) atoms. The number of rotatable bonds is 8. The fourth-order valence-corrected chi connectivity index (χ4v) is 12.5. The van der Waals surface area contributed by atoms with Crippen molar-refractivity contribution >= 4 is 152 Å². The Labute approximate surface area is 478 Å². The Bertz CT molecular complexity index is 4540. The Balaban J connectivity index is 0.000000102. The molecule has 388 valence electrons. The van der Waals surface area contributed by atoms with Crippen molar-refractivity contribution in [2.45, 2.75) is 0 Å². The van der Waals surface area contributed by atoms with Gasteiger partial charge in [-0.15, -0.1) is 22.7 Å². The van der Waals surface area contributed by atoms with Crippen LogP contribution in [0.15, 0.2) is 308 Å². The first-order valence-electron chi connectivity index (χ1n) is 27.0. The van der Waals surface area contributed by atoms with Gasteiger partial charge in [0.15, 0.2) is 0 Å². The highest BCUT2D eigenvalue weighted by molar-refractivity contribution is 7.26. The van der Waals surface area contributed by atoms with Crippen LogP contribution in [0.3, 0.4) is 0 Å². The SMILES string of the molecule is c1ccc(Nc2ccc3oc4ccccc4c3c2)cc1.c1ccc(Nc2ccc3sc4ccccc4c3c2)cc1.c1ccc(Nc2cccc3c2sc2ccccc23)cc1.c1ccc2cc(Nc3ccc4ccccc4c3)ccc2c1. The first kappa shape index (κ1) is 50.3. The van der Waals surface area contributed by atoms with E-state index >= 15 is 0 Å². The molecule has 13 aromatic carbocycles. The van der Waals surface area contributed by atoms with Crippen LogP contribution in [-0.4, -0.2) is 0 Å². The van der Waals surface area contributed by atoms with Gasteiger partial charge in [-0.3, -0.25) is 0 Å². The summed E-state index contributed by atoms with van der Waals surface area (Å²) in [5, 5.41) is 26.5. The van der Waals surface area contributed by atoms with Crippen LogP contribution >= 0.6 is 22.7 Å². The topological polar surface area (TPSA) is 61.3 Å². The van der Waals surface area contributed by atoms with Crippen molar-refractivity contribution in [2.24, 2.45) is 0 Å². The summed E-state index contributed by atoms with van der Waals surface area (Å²) in [6, 6.07) is 105. The smallest absolute Gasteiger partial charge is 0.135 e. The van der Waals surface area contributed by atoms with Gasteiger partial charge in [0.25, 0.3) is 0 Å². The van der Waals surface area contributed by atoms with Crippen molar-refractivity contribution in [3.8, 4) is 0 Å². The standard InChI is InChI=1S/C20H15N.C18H13NO.2C18H13NS/c1-3-7-17-13-19(11-9-15(17)5-1)21-20-12-10-16-6-2-4-8-18(16)14-20;1-2-6-13(7-3-1)19-14-10-11-18-16(12-14)15-8-4-5-9-17(15)20-18;1-2-7-13(8-3-1)19-16-11-6-10-15-14-9-4-5-12-17(14)20-18(15)16;1-2-6-13(7-3-1)19-14-10-11-18-16(12-14)15-8-4-5-9-17(15)20-18/h1-14,21H;3*1-12,19H. The lowest BCUT2D eigenvalue weighted by atomic mass is 10.1. The molecule has 0 atom stereocenters. The summed E-state index contributed by atoms with van der Waals surface area (Å²) in [6.07, 6.45) is 0. The highest BCUT2D eigenvalue weighted by Crippen LogP contribution is 2.40. The number of hydrogen-bond donors (Lipinski definition) is 4. The van der Waals surface area contributed by atoms with E-state index in [1.54, 1.807) is 0 Å². The lowest BCUT2D eigenvalue weighted by molar-refractivity contribution is 0.669. The minimum absolute atomic E-state index is 0.921. The van der Waals surface area contributed by atoms with E-state index in [2.05, 4.69) is 240 Å². The predicted octanol–water partition coefficient (Wildman–Crippen LogP) is 22.7. The van der Waals surface area contributed by atoms with E-state index in [0.717, 1.165) is 61.8 Å². The highest BCUT2D eigenvalue weighted by atomic mass is 32.1. The minimum atomic E-state index is 0.921. The molecule has 0 aliphatic carbocycles. The first-order valence-corrected chi connectivity index (χ1v) is 28.7. The van der Waals surface area contributed by atoms with Gasteiger partial charge in [0, 0.05) is 86.2 Å². The number of benzene rings is 13. The first-order chi connectivity index (χ1) is 40.1. The summed E-state index contributed by atoms with van der Waals surface area (Å²) in [7, 11) is 0. The largest absolute Gasteiger partial charge is 0.456 e. The second kappa shape index (κ2) is 23.4. The van der Waals surface area contributed by atoms with Crippen molar-refractivity contribution in [3.05, 3.63) is 303 Å². The van der Waals surface area contributed by atoms with Crippen molar-refractivity contribution in [1.82, 2.24) is 0 Å². The van der Waals surface area contributed by atoms with Crippen LogP contribution in [0.2, 0.25) is 0 Å². The van der Waals surface area contributed by atoms with Crippen LogP contribution < -0.4 is 21.3 Å². The van der Waals surface area contributed by atoms with E-state index in [9.17, 15) is 0 Å². The molecule has 3 heterocycles. The summed E-state index contributed by atoms with van der Waals surface area (Å²) in [5.41, 5.74) is 10.8. The molecule has 16 rings (SSSR count). The number of hydrogen-bond acceptors (Lipinski definition) is 7. The molecule has 0 fully saturated rings. The van der Waals surface area contributed by atoms with Gasteiger partial charge >= 0.3 is 0 Å². The minimum Gasteiger partial charge on any atom is -0.456 e. The molecule has 7 heteroatoms. The number of fused-ring (bicyclic) bond motifs is 11. The molecular formula is C74H54N4OS2. The molecule has 4 N–H and O–H groups in total. The third kappa shape index (κ3) is 11.5. The molecule has 16 aromatic rings. The van der Waals surface area contributed by atoms with Crippen LogP contribution in [0, 0.1) is 0 Å². The van der Waals surface area contributed by atoms with Crippen LogP contribution in [0.4, 0.5) is 45.5 Å². The zero-order valence-corrected chi connectivity index (χ0v) is 45.7. The summed E-state index contributed by atoms with van der Waals surface area (Å²) in [4.78, 5) is 0. The van der Waals surface area contributed by atoms with E-state index in [4.69, 9.17) is 4.42 Å². The Morgan fingerprint density at radius 2 is 0.630 bits per heavy atom. The normalized spacial score (nSPS) is 11.0. The molecule has 5 nitrogen and oxygen atoms in total. The van der Waals surface area contributed by atoms with Crippen molar-refractivity contribution in [1.29, 1.82) is 0 Å². The lowest BCUT2D eigenvalue weighted by Gasteiger charge is -2.09.